The van der Waals surface area contributed by atoms with E-state index in [2.05, 4.69) is 24.5 Å². The molecular formula is C24H31N3O3. The summed E-state index contributed by atoms with van der Waals surface area (Å²) in [7, 11) is 0. The van der Waals surface area contributed by atoms with Crippen molar-refractivity contribution in [2.75, 3.05) is 5.32 Å². The summed E-state index contributed by atoms with van der Waals surface area (Å²) in [5.41, 5.74) is 2.25. The topological polar surface area (TPSA) is 80.2 Å². The highest BCUT2D eigenvalue weighted by Gasteiger charge is 2.22. The number of benzene rings is 1. The zero-order chi connectivity index (χ0) is 21.7. The number of anilines is 1. The van der Waals surface area contributed by atoms with E-state index >= 15 is 0 Å². The molecule has 1 aliphatic carbocycles. The molecular weight excluding hydrogens is 378 g/mol. The van der Waals surface area contributed by atoms with Crippen molar-refractivity contribution in [1.82, 2.24) is 9.88 Å². The maximum absolute atomic E-state index is 12.8. The zero-order valence-corrected chi connectivity index (χ0v) is 18.0. The predicted molar refractivity (Wildman–Crippen MR) is 119 cm³/mol. The van der Waals surface area contributed by atoms with Crippen molar-refractivity contribution < 1.29 is 9.59 Å². The second kappa shape index (κ2) is 9.74. The Morgan fingerprint density at radius 3 is 2.47 bits per heavy atom. The van der Waals surface area contributed by atoms with Crippen LogP contribution >= 0.6 is 0 Å². The van der Waals surface area contributed by atoms with Gasteiger partial charge < -0.3 is 15.2 Å². The summed E-state index contributed by atoms with van der Waals surface area (Å²) in [5.74, 6) is 0.171. The molecule has 1 heterocycles. The number of amides is 2. The van der Waals surface area contributed by atoms with Gasteiger partial charge in [0, 0.05) is 30.9 Å². The van der Waals surface area contributed by atoms with Gasteiger partial charge in [0.2, 0.25) is 5.91 Å². The summed E-state index contributed by atoms with van der Waals surface area (Å²) in [4.78, 5) is 37.4. The van der Waals surface area contributed by atoms with Gasteiger partial charge in [0.05, 0.1) is 0 Å². The quantitative estimate of drug-likeness (QED) is 0.663. The fourth-order valence-corrected chi connectivity index (χ4v) is 3.25. The van der Waals surface area contributed by atoms with Crippen molar-refractivity contribution in [3.8, 4) is 0 Å². The standard InChI is InChI=1S/C24H31N3O3/c1-16(2)12-14-27-15-13-17(3)22(24(27)30)23(29)26-20-7-4-18(5-8-20)6-11-21(28)25-19-9-10-19/h4-5,7-8,13,15-16,19H,6,9-12,14H2,1-3H3,(H,25,28)(H,26,29). The third-order valence-corrected chi connectivity index (χ3v) is 5.34. The molecule has 1 aliphatic rings. The number of hydrogen-bond donors (Lipinski definition) is 2. The number of carbonyl (C=O) groups excluding carboxylic acids is 2. The van der Waals surface area contributed by atoms with Crippen molar-refractivity contribution in [2.45, 2.75) is 65.5 Å². The second-order valence-corrected chi connectivity index (χ2v) is 8.55. The van der Waals surface area contributed by atoms with Crippen molar-refractivity contribution in [3.63, 3.8) is 0 Å². The van der Waals surface area contributed by atoms with Crippen molar-refractivity contribution in [1.29, 1.82) is 0 Å². The van der Waals surface area contributed by atoms with E-state index in [0.717, 1.165) is 24.8 Å². The summed E-state index contributed by atoms with van der Waals surface area (Å²) in [5, 5.41) is 5.81. The molecule has 0 radical (unpaired) electrons. The van der Waals surface area contributed by atoms with Gasteiger partial charge in [-0.3, -0.25) is 14.4 Å². The van der Waals surface area contributed by atoms with E-state index < -0.39 is 5.91 Å². The molecule has 3 rings (SSSR count). The van der Waals surface area contributed by atoms with E-state index in [1.54, 1.807) is 17.7 Å². The highest BCUT2D eigenvalue weighted by molar-refractivity contribution is 6.05. The first-order valence-electron chi connectivity index (χ1n) is 10.7. The molecule has 0 atom stereocenters. The predicted octanol–water partition coefficient (Wildman–Crippen LogP) is 3.67. The van der Waals surface area contributed by atoms with Crippen LogP contribution in [0.3, 0.4) is 0 Å². The van der Waals surface area contributed by atoms with Gasteiger partial charge in [0.25, 0.3) is 11.5 Å². The van der Waals surface area contributed by atoms with Gasteiger partial charge in [0.15, 0.2) is 0 Å². The van der Waals surface area contributed by atoms with Gasteiger partial charge in [-0.25, -0.2) is 0 Å². The van der Waals surface area contributed by atoms with Gasteiger partial charge >= 0.3 is 0 Å². The molecule has 0 spiro atoms. The molecule has 2 amide bonds. The Balaban J connectivity index is 1.61. The molecule has 0 unspecified atom stereocenters. The fraction of sp³-hybridized carbons (Fsp3) is 0.458. The van der Waals surface area contributed by atoms with Crippen LogP contribution < -0.4 is 16.2 Å². The van der Waals surface area contributed by atoms with Gasteiger partial charge in [-0.1, -0.05) is 26.0 Å². The summed E-state index contributed by atoms with van der Waals surface area (Å²) < 4.78 is 1.61. The summed E-state index contributed by atoms with van der Waals surface area (Å²) in [6.07, 6.45) is 5.93. The van der Waals surface area contributed by atoms with Crippen LogP contribution in [0.5, 0.6) is 0 Å². The van der Waals surface area contributed by atoms with Crippen LogP contribution in [-0.4, -0.2) is 22.4 Å². The van der Waals surface area contributed by atoms with E-state index in [4.69, 9.17) is 0 Å². The number of rotatable bonds is 9. The Labute approximate surface area is 177 Å². The van der Waals surface area contributed by atoms with Crippen molar-refractivity contribution in [3.05, 3.63) is 63.6 Å². The van der Waals surface area contributed by atoms with E-state index in [1.165, 1.54) is 0 Å². The first-order valence-corrected chi connectivity index (χ1v) is 10.7. The molecule has 2 N–H and O–H groups in total. The Morgan fingerprint density at radius 2 is 1.83 bits per heavy atom. The Kier molecular flexibility index (Phi) is 7.08. The number of hydrogen-bond acceptors (Lipinski definition) is 3. The van der Waals surface area contributed by atoms with Crippen LogP contribution in [0.25, 0.3) is 0 Å². The number of carbonyl (C=O) groups is 2. The minimum Gasteiger partial charge on any atom is -0.353 e. The van der Waals surface area contributed by atoms with Crippen molar-refractivity contribution in [2.24, 2.45) is 5.92 Å². The van der Waals surface area contributed by atoms with Crippen LogP contribution in [0.4, 0.5) is 5.69 Å². The monoisotopic (exact) mass is 409 g/mol. The average Bonchev–Trinajstić information content (AvgIpc) is 3.50. The fourth-order valence-electron chi connectivity index (χ4n) is 3.25. The molecule has 2 aromatic rings. The molecule has 0 aliphatic heterocycles. The third-order valence-electron chi connectivity index (χ3n) is 5.34. The number of nitrogens with one attached hydrogen (secondary N) is 2. The maximum atomic E-state index is 12.8. The molecule has 6 heteroatoms. The SMILES string of the molecule is Cc1ccn(CCC(C)C)c(=O)c1C(=O)Nc1ccc(CCC(=O)NC2CC2)cc1. The third kappa shape index (κ3) is 6.05. The molecule has 0 bridgehead atoms. The molecule has 0 saturated heterocycles. The maximum Gasteiger partial charge on any atom is 0.263 e. The molecule has 1 aromatic heterocycles. The van der Waals surface area contributed by atoms with Gasteiger partial charge in [0.1, 0.15) is 5.56 Å². The summed E-state index contributed by atoms with van der Waals surface area (Å²) in [6.45, 7) is 6.59. The smallest absolute Gasteiger partial charge is 0.263 e. The van der Waals surface area contributed by atoms with Crippen LogP contribution in [0, 0.1) is 12.8 Å². The Hall–Kier alpha value is -2.89. The van der Waals surface area contributed by atoms with E-state index in [9.17, 15) is 14.4 Å². The number of aromatic nitrogens is 1. The molecule has 6 nitrogen and oxygen atoms in total. The van der Waals surface area contributed by atoms with Crippen LogP contribution in [0.1, 0.15) is 61.0 Å². The first kappa shape index (κ1) is 21.8. The van der Waals surface area contributed by atoms with Gasteiger partial charge in [-0.2, -0.15) is 0 Å². The first-order chi connectivity index (χ1) is 14.3. The Morgan fingerprint density at radius 1 is 1.13 bits per heavy atom. The molecule has 30 heavy (non-hydrogen) atoms. The number of pyridine rings is 1. The summed E-state index contributed by atoms with van der Waals surface area (Å²) in [6, 6.07) is 9.61. The Bertz CT molecular complexity index is 957. The average molecular weight is 410 g/mol. The highest BCUT2D eigenvalue weighted by atomic mass is 16.2. The molecule has 1 aromatic carbocycles. The molecule has 160 valence electrons. The number of nitrogens with zero attached hydrogens (tertiary/aromatic N) is 1. The van der Waals surface area contributed by atoms with Crippen LogP contribution in [0.15, 0.2) is 41.3 Å². The minimum atomic E-state index is -0.395. The lowest BCUT2D eigenvalue weighted by Crippen LogP contribution is -2.30. The zero-order valence-electron chi connectivity index (χ0n) is 18.0. The highest BCUT2D eigenvalue weighted by Crippen LogP contribution is 2.19. The second-order valence-electron chi connectivity index (χ2n) is 8.55. The lowest BCUT2D eigenvalue weighted by molar-refractivity contribution is -0.121. The molecule has 1 fully saturated rings. The lowest BCUT2D eigenvalue weighted by Gasteiger charge is -2.12. The largest absolute Gasteiger partial charge is 0.353 e. The minimum absolute atomic E-state index is 0.0863. The van der Waals surface area contributed by atoms with Gasteiger partial charge in [-0.05, 0) is 67.9 Å². The molecule has 1 saturated carbocycles. The van der Waals surface area contributed by atoms with E-state index in [0.29, 0.717) is 42.6 Å². The van der Waals surface area contributed by atoms with Gasteiger partial charge in [-0.15, -0.1) is 0 Å². The van der Waals surface area contributed by atoms with Crippen LogP contribution in [0.2, 0.25) is 0 Å². The van der Waals surface area contributed by atoms with E-state index in [1.807, 2.05) is 30.3 Å². The van der Waals surface area contributed by atoms with E-state index in [-0.39, 0.29) is 17.0 Å². The van der Waals surface area contributed by atoms with Crippen LogP contribution in [-0.2, 0) is 17.8 Å². The van der Waals surface area contributed by atoms with Crippen molar-refractivity contribution >= 4 is 17.5 Å². The number of aryl methyl sites for hydroxylation is 3. The lowest BCUT2D eigenvalue weighted by atomic mass is 10.1. The summed E-state index contributed by atoms with van der Waals surface area (Å²) >= 11 is 0. The normalized spacial score (nSPS) is 13.3.